The zero-order valence-electron chi connectivity index (χ0n) is 8.95. The summed E-state index contributed by atoms with van der Waals surface area (Å²) in [5.74, 6) is 0.0425. The van der Waals surface area contributed by atoms with Crippen molar-refractivity contribution in [3.05, 3.63) is 29.8 Å². The Morgan fingerprint density at radius 3 is 2.00 bits per heavy atom. The lowest BCUT2D eigenvalue weighted by atomic mass is 9.85. The minimum atomic E-state index is -4.53. The summed E-state index contributed by atoms with van der Waals surface area (Å²) in [4.78, 5) is 0. The number of hydrogen-bond acceptors (Lipinski definition) is 4. The van der Waals surface area contributed by atoms with E-state index in [1.54, 1.807) is 0 Å². The van der Waals surface area contributed by atoms with Gasteiger partial charge in [-0.2, -0.15) is 8.42 Å². The van der Waals surface area contributed by atoms with Crippen LogP contribution in [0.4, 0.5) is 0 Å². The van der Waals surface area contributed by atoms with Gasteiger partial charge in [0.05, 0.1) is 0 Å². The van der Waals surface area contributed by atoms with Gasteiger partial charge >= 0.3 is 0 Å². The highest BCUT2D eigenvalue weighted by molar-refractivity contribution is 7.86. The highest BCUT2D eigenvalue weighted by Gasteiger charge is 2.38. The Labute approximate surface area is 94.1 Å². The summed E-state index contributed by atoms with van der Waals surface area (Å²) in [5, 5.41) is 18.6. The van der Waals surface area contributed by atoms with Crippen molar-refractivity contribution in [2.24, 2.45) is 0 Å². The first-order valence-electron chi connectivity index (χ1n) is 4.59. The summed E-state index contributed by atoms with van der Waals surface area (Å²) in [5.41, 5.74) is -2.58. The van der Waals surface area contributed by atoms with E-state index >= 15 is 0 Å². The smallest absolute Gasteiger partial charge is 0.292 e. The zero-order chi connectivity index (χ0) is 12.6. The molecular weight excluding hydrogens is 232 g/mol. The molecule has 1 atom stereocenters. The highest BCUT2D eigenvalue weighted by Crippen LogP contribution is 2.30. The maximum Gasteiger partial charge on any atom is 0.292 e. The van der Waals surface area contributed by atoms with Gasteiger partial charge in [0.1, 0.15) is 5.75 Å². The normalized spacial score (nSPS) is 14.8. The number of phenolic OH excluding ortho intramolecular Hbond substituents is 1. The molecule has 5 nitrogen and oxygen atoms in total. The molecule has 1 rings (SSSR count). The Morgan fingerprint density at radius 2 is 1.62 bits per heavy atom. The van der Waals surface area contributed by atoms with Gasteiger partial charge in [0.15, 0.2) is 5.44 Å². The van der Waals surface area contributed by atoms with Crippen LogP contribution >= 0.6 is 0 Å². The van der Waals surface area contributed by atoms with Crippen LogP contribution in [0.15, 0.2) is 24.3 Å². The molecule has 0 aliphatic heterocycles. The molecule has 0 radical (unpaired) electrons. The molecule has 0 saturated heterocycles. The van der Waals surface area contributed by atoms with E-state index in [0.717, 1.165) is 0 Å². The summed E-state index contributed by atoms with van der Waals surface area (Å²) in [6.45, 7) is 2.97. The van der Waals surface area contributed by atoms with E-state index in [9.17, 15) is 13.5 Å². The third kappa shape index (κ3) is 2.52. The van der Waals surface area contributed by atoms with Crippen molar-refractivity contribution in [3.8, 4) is 5.75 Å². The van der Waals surface area contributed by atoms with Crippen molar-refractivity contribution in [2.75, 3.05) is 0 Å². The molecule has 0 heterocycles. The van der Waals surface area contributed by atoms with Gasteiger partial charge in [-0.3, -0.25) is 4.55 Å². The first-order valence-corrected chi connectivity index (χ1v) is 6.10. The summed E-state index contributed by atoms with van der Waals surface area (Å²) in [6, 6.07) is 5.75. The minimum Gasteiger partial charge on any atom is -0.508 e. The van der Waals surface area contributed by atoms with Crippen molar-refractivity contribution in [2.45, 2.75) is 24.7 Å². The molecule has 6 heteroatoms. The van der Waals surface area contributed by atoms with Crippen LogP contribution < -0.4 is 0 Å². The number of rotatable bonds is 3. The van der Waals surface area contributed by atoms with E-state index in [2.05, 4.69) is 0 Å². The van der Waals surface area contributed by atoms with Crippen LogP contribution in [0, 0.1) is 0 Å². The zero-order valence-corrected chi connectivity index (χ0v) is 9.77. The summed E-state index contributed by atoms with van der Waals surface area (Å²) < 4.78 is 30.6. The number of hydrogen-bond donors (Lipinski definition) is 3. The number of aliphatic hydroxyl groups excluding tert-OH is 1. The predicted octanol–water partition coefficient (Wildman–Crippen LogP) is 0.876. The van der Waals surface area contributed by atoms with Crippen LogP contribution in [-0.4, -0.2) is 28.6 Å². The van der Waals surface area contributed by atoms with Crippen molar-refractivity contribution in [1.29, 1.82) is 0 Å². The van der Waals surface area contributed by atoms with Crippen molar-refractivity contribution in [1.82, 2.24) is 0 Å². The monoisotopic (exact) mass is 246 g/mol. The average Bonchev–Trinajstić information content (AvgIpc) is 2.16. The van der Waals surface area contributed by atoms with Gasteiger partial charge in [0.2, 0.25) is 0 Å². The molecular formula is C10H14O5S. The second-order valence-electron chi connectivity index (χ2n) is 4.14. The quantitative estimate of drug-likeness (QED) is 0.688. The molecule has 3 N–H and O–H groups in total. The molecule has 16 heavy (non-hydrogen) atoms. The van der Waals surface area contributed by atoms with Gasteiger partial charge < -0.3 is 10.2 Å². The predicted molar refractivity (Wildman–Crippen MR) is 58.7 cm³/mol. The SMILES string of the molecule is CC(C)(c1ccc(O)cc1)C(O)S(=O)(=O)O. The van der Waals surface area contributed by atoms with Crippen LogP contribution in [0.5, 0.6) is 5.75 Å². The van der Waals surface area contributed by atoms with Gasteiger partial charge in [-0.1, -0.05) is 26.0 Å². The van der Waals surface area contributed by atoms with E-state index in [1.807, 2.05) is 0 Å². The third-order valence-corrected chi connectivity index (χ3v) is 3.66. The molecule has 0 saturated carbocycles. The van der Waals surface area contributed by atoms with Crippen LogP contribution in [0.1, 0.15) is 19.4 Å². The Bertz CT molecular complexity index is 460. The summed E-state index contributed by atoms with van der Waals surface area (Å²) in [7, 11) is -4.53. The van der Waals surface area contributed by atoms with Crippen LogP contribution in [0.2, 0.25) is 0 Å². The van der Waals surface area contributed by atoms with Crippen LogP contribution in [0.3, 0.4) is 0 Å². The van der Waals surface area contributed by atoms with Crippen molar-refractivity contribution < 1.29 is 23.2 Å². The Hall–Kier alpha value is -1.11. The molecule has 1 aromatic rings. The first kappa shape index (κ1) is 13.0. The first-order chi connectivity index (χ1) is 7.15. The van der Waals surface area contributed by atoms with E-state index in [4.69, 9.17) is 9.66 Å². The number of phenols is 1. The van der Waals surface area contributed by atoms with Gasteiger partial charge in [0.25, 0.3) is 10.1 Å². The lowest BCUT2D eigenvalue weighted by Crippen LogP contribution is -2.39. The molecule has 0 amide bonds. The van der Waals surface area contributed by atoms with E-state index < -0.39 is 21.0 Å². The molecule has 0 aliphatic carbocycles. The Kier molecular flexibility index (Phi) is 3.27. The fourth-order valence-electron chi connectivity index (χ4n) is 1.41. The van der Waals surface area contributed by atoms with Crippen molar-refractivity contribution >= 4 is 10.1 Å². The second-order valence-corrected chi connectivity index (χ2v) is 5.61. The minimum absolute atomic E-state index is 0.0425. The van der Waals surface area contributed by atoms with E-state index in [-0.39, 0.29) is 5.75 Å². The standard InChI is InChI=1S/C10H14O5S/c1-10(2,9(12)16(13,14)15)7-3-5-8(11)6-4-7/h3-6,9,11-12H,1-2H3,(H,13,14,15). The number of benzene rings is 1. The summed E-state index contributed by atoms with van der Waals surface area (Å²) >= 11 is 0. The molecule has 0 fully saturated rings. The topological polar surface area (TPSA) is 94.8 Å². The lowest BCUT2D eigenvalue weighted by Gasteiger charge is -2.28. The van der Waals surface area contributed by atoms with Crippen LogP contribution in [-0.2, 0) is 15.5 Å². The average molecular weight is 246 g/mol. The maximum absolute atomic E-state index is 10.9. The molecule has 1 unspecified atom stereocenters. The number of aliphatic hydroxyl groups is 1. The molecule has 0 bridgehead atoms. The maximum atomic E-state index is 10.9. The molecule has 0 aromatic heterocycles. The fourth-order valence-corrected chi connectivity index (χ4v) is 2.29. The third-order valence-electron chi connectivity index (χ3n) is 2.51. The fraction of sp³-hybridized carbons (Fsp3) is 0.400. The Morgan fingerprint density at radius 1 is 1.19 bits per heavy atom. The molecule has 90 valence electrons. The van der Waals surface area contributed by atoms with E-state index in [1.165, 1.54) is 38.1 Å². The largest absolute Gasteiger partial charge is 0.508 e. The number of aromatic hydroxyl groups is 1. The molecule has 0 aliphatic rings. The van der Waals surface area contributed by atoms with Crippen molar-refractivity contribution in [3.63, 3.8) is 0 Å². The summed E-state index contributed by atoms with van der Waals surface area (Å²) in [6.07, 6.45) is 0. The van der Waals surface area contributed by atoms with Crippen LogP contribution in [0.25, 0.3) is 0 Å². The van der Waals surface area contributed by atoms with Gasteiger partial charge in [0, 0.05) is 5.41 Å². The lowest BCUT2D eigenvalue weighted by molar-refractivity contribution is 0.160. The van der Waals surface area contributed by atoms with Gasteiger partial charge in [-0.15, -0.1) is 0 Å². The molecule has 0 spiro atoms. The second kappa shape index (κ2) is 4.04. The Balaban J connectivity index is 3.16. The van der Waals surface area contributed by atoms with Gasteiger partial charge in [-0.25, -0.2) is 0 Å². The van der Waals surface area contributed by atoms with Gasteiger partial charge in [-0.05, 0) is 17.7 Å². The van der Waals surface area contributed by atoms with E-state index in [0.29, 0.717) is 5.56 Å². The molecule has 1 aromatic carbocycles. The highest BCUT2D eigenvalue weighted by atomic mass is 32.2.